The Morgan fingerprint density at radius 2 is 2.00 bits per heavy atom. The fraction of sp³-hybridized carbons (Fsp3) is 0.222. The molecule has 0 aliphatic rings. The number of aryl methyl sites for hydroxylation is 1. The van der Waals surface area contributed by atoms with Gasteiger partial charge in [-0.25, -0.2) is 4.98 Å². The van der Waals surface area contributed by atoms with Crippen molar-refractivity contribution in [1.82, 2.24) is 14.7 Å². The molecule has 1 N–H and O–H groups in total. The summed E-state index contributed by atoms with van der Waals surface area (Å²) in [6.45, 7) is 4.44. The number of aromatic nitrogens is 2. The van der Waals surface area contributed by atoms with Crippen molar-refractivity contribution in [2.45, 2.75) is 26.4 Å². The molecule has 0 unspecified atom stereocenters. The quantitative estimate of drug-likeness (QED) is 0.797. The molecule has 0 spiro atoms. The second kappa shape index (κ2) is 6.52. The molecule has 0 saturated carbocycles. The third-order valence-corrected chi connectivity index (χ3v) is 4.24. The van der Waals surface area contributed by atoms with E-state index in [9.17, 15) is 4.79 Å². The molecule has 0 aliphatic carbocycles. The molecule has 2 heterocycles. The van der Waals surface area contributed by atoms with Crippen LogP contribution in [0.5, 0.6) is 0 Å². The highest BCUT2D eigenvalue weighted by Gasteiger charge is 2.10. The minimum atomic E-state index is -0.0599. The molecule has 1 atom stereocenters. The molecule has 0 saturated heterocycles. The predicted octanol–water partition coefficient (Wildman–Crippen LogP) is 3.51. The van der Waals surface area contributed by atoms with Gasteiger partial charge in [0.25, 0.3) is 5.56 Å². The van der Waals surface area contributed by atoms with E-state index in [4.69, 9.17) is 11.6 Å². The first-order valence-corrected chi connectivity index (χ1v) is 7.90. The average molecular weight is 328 g/mol. The first-order valence-electron chi connectivity index (χ1n) is 7.52. The minimum absolute atomic E-state index is 0.0599. The zero-order valence-electron chi connectivity index (χ0n) is 13.1. The van der Waals surface area contributed by atoms with E-state index < -0.39 is 0 Å². The molecule has 3 rings (SSSR count). The highest BCUT2D eigenvalue weighted by molar-refractivity contribution is 6.31. The molecule has 1 aromatic carbocycles. The van der Waals surface area contributed by atoms with Crippen molar-refractivity contribution in [3.05, 3.63) is 80.9 Å². The molecule has 0 radical (unpaired) electrons. The Kier molecular flexibility index (Phi) is 4.46. The summed E-state index contributed by atoms with van der Waals surface area (Å²) in [5, 5.41) is 4.10. The van der Waals surface area contributed by atoms with E-state index in [1.165, 1.54) is 0 Å². The van der Waals surface area contributed by atoms with Crippen LogP contribution in [-0.4, -0.2) is 9.38 Å². The second-order valence-corrected chi connectivity index (χ2v) is 5.98. The van der Waals surface area contributed by atoms with Crippen LogP contribution in [0.25, 0.3) is 5.65 Å². The molecule has 0 fully saturated rings. The number of halogens is 1. The van der Waals surface area contributed by atoms with Crippen LogP contribution in [0.15, 0.2) is 53.3 Å². The zero-order valence-corrected chi connectivity index (χ0v) is 13.8. The fourth-order valence-corrected chi connectivity index (χ4v) is 2.95. The van der Waals surface area contributed by atoms with E-state index in [1.54, 1.807) is 10.5 Å². The monoisotopic (exact) mass is 327 g/mol. The van der Waals surface area contributed by atoms with Crippen LogP contribution in [-0.2, 0) is 6.54 Å². The Balaban J connectivity index is 1.83. The second-order valence-electron chi connectivity index (χ2n) is 5.57. The van der Waals surface area contributed by atoms with Crippen LogP contribution in [0.2, 0.25) is 5.02 Å². The van der Waals surface area contributed by atoms with Crippen LogP contribution in [0.1, 0.15) is 29.9 Å². The third-order valence-electron chi connectivity index (χ3n) is 3.89. The average Bonchev–Trinajstić information content (AvgIpc) is 2.53. The van der Waals surface area contributed by atoms with Gasteiger partial charge in [0.15, 0.2) is 0 Å². The predicted molar refractivity (Wildman–Crippen MR) is 92.9 cm³/mol. The number of nitrogens with one attached hydrogen (secondary N) is 1. The maximum Gasteiger partial charge on any atom is 0.258 e. The van der Waals surface area contributed by atoms with E-state index in [0.717, 1.165) is 22.0 Å². The van der Waals surface area contributed by atoms with Crippen molar-refractivity contribution in [3.8, 4) is 0 Å². The summed E-state index contributed by atoms with van der Waals surface area (Å²) >= 11 is 6.21. The minimum Gasteiger partial charge on any atom is -0.305 e. The van der Waals surface area contributed by atoms with Crippen molar-refractivity contribution in [3.63, 3.8) is 0 Å². The van der Waals surface area contributed by atoms with Crippen LogP contribution in [0, 0.1) is 6.92 Å². The van der Waals surface area contributed by atoms with E-state index in [1.807, 2.05) is 56.3 Å². The molecule has 3 aromatic rings. The van der Waals surface area contributed by atoms with Crippen molar-refractivity contribution in [2.24, 2.45) is 0 Å². The Hall–Kier alpha value is -2.17. The molecule has 0 bridgehead atoms. The standard InChI is InChI=1S/C18H18ClN3O/c1-12-6-5-9-17-21-14(10-18(23)22(12)17)11-20-13(2)15-7-3-4-8-16(15)19/h3-10,13,20H,11H2,1-2H3/t13-/m0/s1. The molecule has 2 aromatic heterocycles. The smallest absolute Gasteiger partial charge is 0.258 e. The lowest BCUT2D eigenvalue weighted by atomic mass is 10.1. The van der Waals surface area contributed by atoms with Gasteiger partial charge < -0.3 is 5.32 Å². The lowest BCUT2D eigenvalue weighted by Gasteiger charge is -2.15. The molecule has 5 heteroatoms. The van der Waals surface area contributed by atoms with Gasteiger partial charge in [-0.3, -0.25) is 9.20 Å². The molecule has 4 nitrogen and oxygen atoms in total. The van der Waals surface area contributed by atoms with E-state index in [-0.39, 0.29) is 11.6 Å². The summed E-state index contributed by atoms with van der Waals surface area (Å²) in [6.07, 6.45) is 0. The number of hydrogen-bond donors (Lipinski definition) is 1. The largest absolute Gasteiger partial charge is 0.305 e. The van der Waals surface area contributed by atoms with Crippen LogP contribution in [0.3, 0.4) is 0 Å². The van der Waals surface area contributed by atoms with Gasteiger partial charge in [0, 0.05) is 29.4 Å². The summed E-state index contributed by atoms with van der Waals surface area (Å²) in [7, 11) is 0. The van der Waals surface area contributed by atoms with Crippen LogP contribution < -0.4 is 10.9 Å². The van der Waals surface area contributed by atoms with Gasteiger partial charge in [-0.15, -0.1) is 0 Å². The molecule has 0 aliphatic heterocycles. The van der Waals surface area contributed by atoms with E-state index in [2.05, 4.69) is 10.3 Å². The summed E-state index contributed by atoms with van der Waals surface area (Å²) in [5.74, 6) is 0. The SMILES string of the molecule is Cc1cccc2nc(CN[C@@H](C)c3ccccc3Cl)cc(=O)n12. The highest BCUT2D eigenvalue weighted by atomic mass is 35.5. The molecular weight excluding hydrogens is 310 g/mol. The van der Waals surface area contributed by atoms with Crippen molar-refractivity contribution < 1.29 is 0 Å². The summed E-state index contributed by atoms with van der Waals surface area (Å²) in [5.41, 5.74) is 3.24. The summed E-state index contributed by atoms with van der Waals surface area (Å²) < 4.78 is 1.61. The molecule has 23 heavy (non-hydrogen) atoms. The first-order chi connectivity index (χ1) is 11.1. The number of hydrogen-bond acceptors (Lipinski definition) is 3. The summed E-state index contributed by atoms with van der Waals surface area (Å²) in [4.78, 5) is 16.8. The maximum absolute atomic E-state index is 12.3. The van der Waals surface area contributed by atoms with E-state index in [0.29, 0.717) is 12.2 Å². The Labute approximate surface area is 139 Å². The fourth-order valence-electron chi connectivity index (χ4n) is 2.65. The lowest BCUT2D eigenvalue weighted by Crippen LogP contribution is -2.23. The highest BCUT2D eigenvalue weighted by Crippen LogP contribution is 2.22. The van der Waals surface area contributed by atoms with Gasteiger partial charge in [0.1, 0.15) is 5.65 Å². The van der Waals surface area contributed by atoms with Crippen molar-refractivity contribution >= 4 is 17.2 Å². The molecule has 118 valence electrons. The van der Waals surface area contributed by atoms with E-state index >= 15 is 0 Å². The Morgan fingerprint density at radius 1 is 1.22 bits per heavy atom. The number of benzene rings is 1. The van der Waals surface area contributed by atoms with Gasteiger partial charge in [-0.1, -0.05) is 35.9 Å². The van der Waals surface area contributed by atoms with Crippen molar-refractivity contribution in [2.75, 3.05) is 0 Å². The molecular formula is C18H18ClN3O. The number of nitrogens with zero attached hydrogens (tertiary/aromatic N) is 2. The third kappa shape index (κ3) is 3.28. The van der Waals surface area contributed by atoms with Gasteiger partial charge in [-0.05, 0) is 37.6 Å². The number of fused-ring (bicyclic) bond motifs is 1. The maximum atomic E-state index is 12.3. The normalized spacial score (nSPS) is 12.5. The van der Waals surface area contributed by atoms with Gasteiger partial charge >= 0.3 is 0 Å². The topological polar surface area (TPSA) is 46.4 Å². The number of pyridine rings is 1. The van der Waals surface area contributed by atoms with Gasteiger partial charge in [-0.2, -0.15) is 0 Å². The first kappa shape index (κ1) is 15.7. The lowest BCUT2D eigenvalue weighted by molar-refractivity contribution is 0.567. The van der Waals surface area contributed by atoms with Crippen molar-refractivity contribution in [1.29, 1.82) is 0 Å². The van der Waals surface area contributed by atoms with Crippen LogP contribution in [0.4, 0.5) is 0 Å². The van der Waals surface area contributed by atoms with Gasteiger partial charge in [0.05, 0.1) is 5.69 Å². The Morgan fingerprint density at radius 3 is 2.78 bits per heavy atom. The Bertz CT molecular complexity index is 904. The zero-order chi connectivity index (χ0) is 16.4. The van der Waals surface area contributed by atoms with Crippen LogP contribution >= 0.6 is 11.6 Å². The summed E-state index contributed by atoms with van der Waals surface area (Å²) in [6, 6.07) is 15.0. The number of rotatable bonds is 4. The van der Waals surface area contributed by atoms with Gasteiger partial charge in [0.2, 0.25) is 0 Å². The molecule has 0 amide bonds.